The number of hydrogen-bond acceptors (Lipinski definition) is 6. The van der Waals surface area contributed by atoms with Crippen LogP contribution in [-0.2, 0) is 0 Å². The molecule has 2 atom stereocenters. The number of nitrogens with one attached hydrogen (secondary N) is 2. The number of fused-ring (bicyclic) bond motifs is 4. The van der Waals surface area contributed by atoms with Crippen LogP contribution in [0.25, 0.3) is 50.2 Å². The Bertz CT molecular complexity index is 1810. The lowest BCUT2D eigenvalue weighted by atomic mass is 9.99. The Morgan fingerprint density at radius 2 is 1.79 bits per heavy atom. The maximum atomic E-state index is 6.47. The summed E-state index contributed by atoms with van der Waals surface area (Å²) in [6.07, 6.45) is 8.46. The molecule has 38 heavy (non-hydrogen) atoms. The molecule has 2 unspecified atom stereocenters. The van der Waals surface area contributed by atoms with Crippen molar-refractivity contribution in [1.82, 2.24) is 35.1 Å². The van der Waals surface area contributed by atoms with E-state index < -0.39 is 0 Å². The van der Waals surface area contributed by atoms with Gasteiger partial charge in [-0.15, -0.1) is 0 Å². The van der Waals surface area contributed by atoms with Gasteiger partial charge in [0.2, 0.25) is 0 Å². The van der Waals surface area contributed by atoms with E-state index in [1.54, 1.807) is 18.6 Å². The average Bonchev–Trinajstić information content (AvgIpc) is 3.77. The second kappa shape index (κ2) is 8.37. The van der Waals surface area contributed by atoms with Gasteiger partial charge in [-0.25, -0.2) is 9.50 Å². The van der Waals surface area contributed by atoms with Crippen LogP contribution in [0.3, 0.4) is 0 Å². The smallest absolute Gasteiger partial charge is 0.164 e. The van der Waals surface area contributed by atoms with Gasteiger partial charge in [0.25, 0.3) is 0 Å². The Balaban J connectivity index is 1.31. The predicted octanol–water partition coefficient (Wildman–Crippen LogP) is 5.21. The molecule has 2 saturated heterocycles. The fourth-order valence-corrected chi connectivity index (χ4v) is 6.25. The van der Waals surface area contributed by atoms with Crippen LogP contribution in [0.1, 0.15) is 6.42 Å². The van der Waals surface area contributed by atoms with E-state index in [4.69, 9.17) is 21.7 Å². The van der Waals surface area contributed by atoms with Gasteiger partial charge in [-0.1, -0.05) is 29.8 Å². The van der Waals surface area contributed by atoms with E-state index in [0.29, 0.717) is 17.1 Å². The third-order valence-electron chi connectivity index (χ3n) is 7.86. The average molecular weight is 519 g/mol. The van der Waals surface area contributed by atoms with Crippen LogP contribution in [-0.4, -0.2) is 55.0 Å². The number of hydrogen-bond donors (Lipinski definition) is 2. The topological polar surface area (TPSA) is 87.0 Å². The Morgan fingerprint density at radius 1 is 0.921 bits per heavy atom. The van der Waals surface area contributed by atoms with Gasteiger partial charge < -0.3 is 10.2 Å². The summed E-state index contributed by atoms with van der Waals surface area (Å²) in [7, 11) is 0. The van der Waals surface area contributed by atoms with Crippen LogP contribution in [0.4, 0.5) is 5.69 Å². The van der Waals surface area contributed by atoms with Gasteiger partial charge in [-0.2, -0.15) is 10.2 Å². The van der Waals surface area contributed by atoms with E-state index in [1.807, 2.05) is 41.0 Å². The van der Waals surface area contributed by atoms with E-state index in [9.17, 15) is 0 Å². The minimum atomic E-state index is 0.592. The van der Waals surface area contributed by atoms with Crippen LogP contribution >= 0.6 is 11.6 Å². The van der Waals surface area contributed by atoms with E-state index in [0.717, 1.165) is 63.3 Å². The van der Waals surface area contributed by atoms with Gasteiger partial charge in [0.15, 0.2) is 5.65 Å². The molecule has 0 amide bonds. The highest BCUT2D eigenvalue weighted by molar-refractivity contribution is 6.35. The molecule has 0 radical (unpaired) electrons. The maximum absolute atomic E-state index is 6.47. The van der Waals surface area contributed by atoms with Gasteiger partial charge in [0.1, 0.15) is 5.69 Å². The number of halogens is 1. The molecule has 6 aromatic rings. The SMILES string of the molecule is Clc1ccc(-c2c(-c3ccncc3)nn3c(-c4ccc(N5CC6CC5CN6)cc4)ccnc23)c2cn[nH]c12. The first kappa shape index (κ1) is 21.8. The standard InChI is InChI=1S/C29H23ClN8/c30-24-6-5-22(23-15-34-35-28(23)24)26-27(18-7-10-31-11-8-18)36-38-25(9-12-32-29(26)38)17-1-3-20(4-2-17)37-16-19-13-21(37)14-33-19/h1-12,15,19,21,33H,13-14,16H2,(H,34,35). The van der Waals surface area contributed by atoms with Gasteiger partial charge in [-0.3, -0.25) is 10.1 Å². The highest BCUT2D eigenvalue weighted by Gasteiger charge is 2.37. The first-order valence-corrected chi connectivity index (χ1v) is 13.1. The fourth-order valence-electron chi connectivity index (χ4n) is 6.04. The molecule has 0 saturated carbocycles. The fraction of sp³-hybridized carbons (Fsp3) is 0.172. The number of H-pyrrole nitrogens is 1. The lowest BCUT2D eigenvalue weighted by molar-refractivity contribution is 0.580. The van der Waals surface area contributed by atoms with Crippen LogP contribution < -0.4 is 10.2 Å². The van der Waals surface area contributed by atoms with Crippen molar-refractivity contribution in [3.8, 4) is 33.6 Å². The largest absolute Gasteiger partial charge is 0.366 e. The second-order valence-corrected chi connectivity index (χ2v) is 10.4. The van der Waals surface area contributed by atoms with E-state index >= 15 is 0 Å². The zero-order chi connectivity index (χ0) is 25.2. The normalized spacial score (nSPS) is 18.7. The number of benzene rings is 2. The molecule has 2 aromatic carbocycles. The molecular formula is C29H23ClN8. The van der Waals surface area contributed by atoms with Crippen molar-refractivity contribution in [3.63, 3.8) is 0 Å². The van der Waals surface area contributed by atoms with Gasteiger partial charge >= 0.3 is 0 Å². The third kappa shape index (κ3) is 3.27. The van der Waals surface area contributed by atoms with Crippen molar-refractivity contribution in [1.29, 1.82) is 0 Å². The summed E-state index contributed by atoms with van der Waals surface area (Å²) in [6.45, 7) is 2.14. The van der Waals surface area contributed by atoms with Crippen molar-refractivity contribution in [2.24, 2.45) is 0 Å². The predicted molar refractivity (Wildman–Crippen MR) is 149 cm³/mol. The van der Waals surface area contributed by atoms with Gasteiger partial charge in [0, 0.05) is 66.0 Å². The Kier molecular flexibility index (Phi) is 4.80. The number of pyridine rings is 1. The first-order valence-electron chi connectivity index (χ1n) is 12.7. The van der Waals surface area contributed by atoms with Crippen molar-refractivity contribution in [2.75, 3.05) is 18.0 Å². The van der Waals surface area contributed by atoms with Crippen LogP contribution in [0.15, 0.2) is 79.4 Å². The molecule has 0 aliphatic carbocycles. The van der Waals surface area contributed by atoms with Crippen LogP contribution in [0.2, 0.25) is 5.02 Å². The lowest BCUT2D eigenvalue weighted by Gasteiger charge is -2.29. The summed E-state index contributed by atoms with van der Waals surface area (Å²) in [5.41, 5.74) is 8.59. The Hall–Kier alpha value is -4.27. The van der Waals surface area contributed by atoms with E-state index in [2.05, 4.69) is 49.7 Å². The van der Waals surface area contributed by atoms with Crippen LogP contribution in [0.5, 0.6) is 0 Å². The number of aromatic amines is 1. The quantitative estimate of drug-likeness (QED) is 0.333. The number of rotatable bonds is 4. The summed E-state index contributed by atoms with van der Waals surface area (Å²) in [5, 5.41) is 17.5. The second-order valence-electron chi connectivity index (χ2n) is 9.97. The molecule has 9 heteroatoms. The summed E-state index contributed by atoms with van der Waals surface area (Å²) in [6, 6.07) is 19.9. The monoisotopic (exact) mass is 518 g/mol. The molecule has 186 valence electrons. The minimum Gasteiger partial charge on any atom is -0.366 e. The Labute approximate surface area is 223 Å². The summed E-state index contributed by atoms with van der Waals surface area (Å²) in [5.74, 6) is 0. The minimum absolute atomic E-state index is 0.592. The highest BCUT2D eigenvalue weighted by atomic mass is 35.5. The van der Waals surface area contributed by atoms with Crippen molar-refractivity contribution in [3.05, 3.63) is 84.4 Å². The summed E-state index contributed by atoms with van der Waals surface area (Å²) >= 11 is 6.47. The number of anilines is 1. The first-order chi connectivity index (χ1) is 18.7. The van der Waals surface area contributed by atoms with Crippen molar-refractivity contribution < 1.29 is 0 Å². The number of nitrogens with zero attached hydrogens (tertiary/aromatic N) is 6. The summed E-state index contributed by atoms with van der Waals surface area (Å²) in [4.78, 5) is 11.6. The molecule has 2 aliphatic heterocycles. The molecule has 2 N–H and O–H groups in total. The molecule has 0 spiro atoms. The number of piperazine rings is 1. The molecule has 8 nitrogen and oxygen atoms in total. The molecule has 2 fully saturated rings. The molecule has 8 rings (SSSR count). The lowest BCUT2D eigenvalue weighted by Crippen LogP contribution is -2.43. The highest BCUT2D eigenvalue weighted by Crippen LogP contribution is 2.40. The zero-order valence-corrected chi connectivity index (χ0v) is 21.1. The summed E-state index contributed by atoms with van der Waals surface area (Å²) < 4.78 is 1.95. The molecule has 4 aromatic heterocycles. The molecule has 2 bridgehead atoms. The number of aromatic nitrogens is 6. The molecule has 6 heterocycles. The maximum Gasteiger partial charge on any atom is 0.164 e. The Morgan fingerprint density at radius 3 is 2.58 bits per heavy atom. The van der Waals surface area contributed by atoms with E-state index in [-0.39, 0.29) is 0 Å². The van der Waals surface area contributed by atoms with Crippen molar-refractivity contribution >= 4 is 33.8 Å². The molecule has 2 aliphatic rings. The van der Waals surface area contributed by atoms with Gasteiger partial charge in [-0.05, 0) is 48.4 Å². The molecular weight excluding hydrogens is 496 g/mol. The van der Waals surface area contributed by atoms with Gasteiger partial charge in [0.05, 0.1) is 28.0 Å². The van der Waals surface area contributed by atoms with Crippen LogP contribution in [0, 0.1) is 0 Å². The zero-order valence-electron chi connectivity index (χ0n) is 20.3. The van der Waals surface area contributed by atoms with Crippen molar-refractivity contribution in [2.45, 2.75) is 18.5 Å². The van der Waals surface area contributed by atoms with E-state index in [1.165, 1.54) is 12.1 Å². The third-order valence-corrected chi connectivity index (χ3v) is 8.17.